The predicted molar refractivity (Wildman–Crippen MR) is 71.0 cm³/mol. The smallest absolute Gasteiger partial charge is 0.248 e. The first kappa shape index (κ1) is 14.4. The van der Waals surface area contributed by atoms with Crippen molar-refractivity contribution < 1.29 is 9.59 Å². The van der Waals surface area contributed by atoms with E-state index in [-0.39, 0.29) is 24.4 Å². The first-order valence-electron chi connectivity index (χ1n) is 6.05. The van der Waals surface area contributed by atoms with E-state index in [0.717, 1.165) is 12.2 Å². The highest BCUT2D eigenvalue weighted by molar-refractivity contribution is 7.98. The Labute approximate surface area is 108 Å². The second-order valence-electron chi connectivity index (χ2n) is 4.80. The van der Waals surface area contributed by atoms with Crippen molar-refractivity contribution in [1.29, 1.82) is 0 Å². The van der Waals surface area contributed by atoms with Crippen LogP contribution in [0.2, 0.25) is 0 Å². The Morgan fingerprint density at radius 2 is 2.18 bits per heavy atom. The summed E-state index contributed by atoms with van der Waals surface area (Å²) >= 11 is 1.76. The van der Waals surface area contributed by atoms with E-state index >= 15 is 0 Å². The Balaban J connectivity index is 2.77. The van der Waals surface area contributed by atoms with Gasteiger partial charge >= 0.3 is 0 Å². The molecule has 0 bridgehead atoms. The summed E-state index contributed by atoms with van der Waals surface area (Å²) in [5, 5.41) is 2.80. The van der Waals surface area contributed by atoms with E-state index in [1.807, 2.05) is 20.1 Å². The summed E-state index contributed by atoms with van der Waals surface area (Å²) in [6, 6.07) is 0.131. The highest BCUT2D eigenvalue weighted by Gasteiger charge is 2.42. The zero-order chi connectivity index (χ0) is 13.1. The third-order valence-electron chi connectivity index (χ3n) is 3.44. The zero-order valence-corrected chi connectivity index (χ0v) is 11.9. The molecule has 4 nitrogen and oxygen atoms in total. The highest BCUT2D eigenvalue weighted by Crippen LogP contribution is 2.21. The number of amides is 2. The molecular formula is C12H22N2O2S. The summed E-state index contributed by atoms with van der Waals surface area (Å²) in [6.07, 6.45) is 3.61. The van der Waals surface area contributed by atoms with Crippen LogP contribution in [0.1, 0.15) is 33.6 Å². The molecule has 1 aliphatic heterocycles. The molecule has 0 aliphatic carbocycles. The standard InChI is InChI=1S/C12H22N2O2S/c1-5-12(3)11(16)14(8-10(15)13-12)9(2)6-7-17-4/h9H,5-8H2,1-4H3,(H,13,15). The molecule has 1 aliphatic rings. The Bertz CT molecular complexity index is 309. The number of nitrogens with one attached hydrogen (secondary N) is 1. The summed E-state index contributed by atoms with van der Waals surface area (Å²) in [5.41, 5.74) is -0.719. The van der Waals surface area contributed by atoms with Crippen molar-refractivity contribution in [2.24, 2.45) is 0 Å². The van der Waals surface area contributed by atoms with E-state index in [9.17, 15) is 9.59 Å². The van der Waals surface area contributed by atoms with E-state index in [4.69, 9.17) is 0 Å². The van der Waals surface area contributed by atoms with Crippen LogP contribution in [0, 0.1) is 0 Å². The van der Waals surface area contributed by atoms with Crippen molar-refractivity contribution in [2.45, 2.75) is 45.2 Å². The molecule has 2 amide bonds. The maximum atomic E-state index is 12.3. The van der Waals surface area contributed by atoms with Gasteiger partial charge in [0.15, 0.2) is 0 Å². The fourth-order valence-electron chi connectivity index (χ4n) is 1.98. The highest BCUT2D eigenvalue weighted by atomic mass is 32.2. The first-order chi connectivity index (χ1) is 7.94. The SMILES string of the molecule is CCC1(C)NC(=O)CN(C(C)CCSC)C1=O. The molecular weight excluding hydrogens is 236 g/mol. The van der Waals surface area contributed by atoms with Crippen molar-refractivity contribution in [3.63, 3.8) is 0 Å². The van der Waals surface area contributed by atoms with Gasteiger partial charge < -0.3 is 10.2 Å². The van der Waals surface area contributed by atoms with Crippen LogP contribution in [0.3, 0.4) is 0 Å². The van der Waals surface area contributed by atoms with Gasteiger partial charge in [-0.1, -0.05) is 6.92 Å². The number of rotatable bonds is 5. The van der Waals surface area contributed by atoms with Crippen LogP contribution in [0.5, 0.6) is 0 Å². The van der Waals surface area contributed by atoms with Crippen LogP contribution >= 0.6 is 11.8 Å². The topological polar surface area (TPSA) is 49.4 Å². The normalized spacial score (nSPS) is 26.9. The predicted octanol–water partition coefficient (Wildman–Crippen LogP) is 1.26. The number of carbonyl (C=O) groups excluding carboxylic acids is 2. The minimum Gasteiger partial charge on any atom is -0.340 e. The molecule has 0 spiro atoms. The average molecular weight is 258 g/mol. The van der Waals surface area contributed by atoms with E-state index in [2.05, 4.69) is 5.32 Å². The maximum Gasteiger partial charge on any atom is 0.248 e. The van der Waals surface area contributed by atoms with E-state index in [1.54, 1.807) is 23.6 Å². The number of thioether (sulfide) groups is 1. The molecule has 0 aromatic carbocycles. The van der Waals surface area contributed by atoms with Crippen molar-refractivity contribution in [3.8, 4) is 0 Å². The van der Waals surface area contributed by atoms with Crippen molar-refractivity contribution >= 4 is 23.6 Å². The van der Waals surface area contributed by atoms with Gasteiger partial charge in [0.05, 0.1) is 6.54 Å². The molecule has 2 unspecified atom stereocenters. The van der Waals surface area contributed by atoms with Crippen LogP contribution in [-0.4, -0.2) is 46.8 Å². The first-order valence-corrected chi connectivity index (χ1v) is 7.45. The van der Waals surface area contributed by atoms with Crippen LogP contribution in [0.25, 0.3) is 0 Å². The number of carbonyl (C=O) groups is 2. The molecule has 0 saturated carbocycles. The molecule has 5 heteroatoms. The Morgan fingerprint density at radius 3 is 2.71 bits per heavy atom. The van der Waals surface area contributed by atoms with Gasteiger partial charge in [0.25, 0.3) is 0 Å². The molecule has 0 radical (unpaired) electrons. The fraction of sp³-hybridized carbons (Fsp3) is 0.833. The second kappa shape index (κ2) is 5.76. The monoisotopic (exact) mass is 258 g/mol. The van der Waals surface area contributed by atoms with Crippen LogP contribution in [0.15, 0.2) is 0 Å². The average Bonchev–Trinajstić information content (AvgIpc) is 2.30. The van der Waals surface area contributed by atoms with Crippen LogP contribution < -0.4 is 5.32 Å². The second-order valence-corrected chi connectivity index (χ2v) is 5.78. The number of hydrogen-bond acceptors (Lipinski definition) is 3. The minimum absolute atomic E-state index is 0.0493. The van der Waals surface area contributed by atoms with E-state index in [1.165, 1.54) is 0 Å². The molecule has 1 heterocycles. The van der Waals surface area contributed by atoms with Crippen molar-refractivity contribution in [3.05, 3.63) is 0 Å². The lowest BCUT2D eigenvalue weighted by molar-refractivity contribution is -0.151. The molecule has 2 atom stereocenters. The number of piperazine rings is 1. The van der Waals surface area contributed by atoms with Gasteiger partial charge in [0, 0.05) is 6.04 Å². The number of nitrogens with zero attached hydrogens (tertiary/aromatic N) is 1. The Hall–Kier alpha value is -0.710. The zero-order valence-electron chi connectivity index (χ0n) is 11.1. The molecule has 1 rings (SSSR count). The van der Waals surface area contributed by atoms with Crippen molar-refractivity contribution in [2.75, 3.05) is 18.6 Å². The largest absolute Gasteiger partial charge is 0.340 e. The third-order valence-corrected chi connectivity index (χ3v) is 4.09. The van der Waals surface area contributed by atoms with Crippen LogP contribution in [0.4, 0.5) is 0 Å². The lowest BCUT2D eigenvalue weighted by Crippen LogP contribution is -2.66. The van der Waals surface area contributed by atoms with Crippen molar-refractivity contribution in [1.82, 2.24) is 10.2 Å². The van der Waals surface area contributed by atoms with E-state index < -0.39 is 5.54 Å². The molecule has 1 fully saturated rings. The summed E-state index contributed by atoms with van der Waals surface area (Å²) in [4.78, 5) is 25.7. The van der Waals surface area contributed by atoms with Gasteiger partial charge in [-0.25, -0.2) is 0 Å². The summed E-state index contributed by atoms with van der Waals surface area (Å²) in [6.45, 7) is 5.95. The van der Waals surface area contributed by atoms with Gasteiger partial charge in [0.2, 0.25) is 11.8 Å². The minimum atomic E-state index is -0.719. The maximum absolute atomic E-state index is 12.3. The molecule has 1 saturated heterocycles. The Kier molecular flexibility index (Phi) is 4.86. The summed E-state index contributed by atoms with van der Waals surface area (Å²) in [5.74, 6) is 1.01. The van der Waals surface area contributed by atoms with Gasteiger partial charge in [-0.3, -0.25) is 9.59 Å². The molecule has 0 aromatic heterocycles. The lowest BCUT2D eigenvalue weighted by atomic mass is 9.93. The van der Waals surface area contributed by atoms with Gasteiger partial charge in [-0.2, -0.15) is 11.8 Å². The lowest BCUT2D eigenvalue weighted by Gasteiger charge is -2.42. The quantitative estimate of drug-likeness (QED) is 0.807. The molecule has 0 aromatic rings. The molecule has 1 N–H and O–H groups in total. The molecule has 17 heavy (non-hydrogen) atoms. The summed E-state index contributed by atoms with van der Waals surface area (Å²) < 4.78 is 0. The van der Waals surface area contributed by atoms with Gasteiger partial charge in [-0.15, -0.1) is 0 Å². The third kappa shape index (κ3) is 3.15. The fourth-order valence-corrected chi connectivity index (χ4v) is 2.56. The van der Waals surface area contributed by atoms with Gasteiger partial charge in [-0.05, 0) is 38.7 Å². The number of hydrogen-bond donors (Lipinski definition) is 1. The summed E-state index contributed by atoms with van der Waals surface area (Å²) in [7, 11) is 0. The van der Waals surface area contributed by atoms with Crippen LogP contribution in [-0.2, 0) is 9.59 Å². The van der Waals surface area contributed by atoms with Gasteiger partial charge in [0.1, 0.15) is 5.54 Å². The Morgan fingerprint density at radius 1 is 1.53 bits per heavy atom. The van der Waals surface area contributed by atoms with E-state index in [0.29, 0.717) is 6.42 Å². The molecule has 98 valence electrons.